The Morgan fingerprint density at radius 3 is 2.62 bits per heavy atom. The summed E-state index contributed by atoms with van der Waals surface area (Å²) in [7, 11) is 1.64. The fourth-order valence-corrected chi connectivity index (χ4v) is 6.15. The molecular formula is C26H20N2O5S. The Morgan fingerprint density at radius 1 is 1.03 bits per heavy atom. The zero-order chi connectivity index (χ0) is 22.9. The molecular weight excluding hydrogens is 452 g/mol. The molecule has 1 atom stereocenters. The molecule has 0 fully saturated rings. The maximum absolute atomic E-state index is 14.3. The molecule has 3 aliphatic rings. The predicted molar refractivity (Wildman–Crippen MR) is 128 cm³/mol. The van der Waals surface area contributed by atoms with Gasteiger partial charge in [-0.1, -0.05) is 12.1 Å². The van der Waals surface area contributed by atoms with Crippen molar-refractivity contribution >= 4 is 33.1 Å². The van der Waals surface area contributed by atoms with Crippen molar-refractivity contribution in [1.29, 1.82) is 0 Å². The van der Waals surface area contributed by atoms with Gasteiger partial charge in [0, 0.05) is 17.2 Å². The lowest BCUT2D eigenvalue weighted by Gasteiger charge is -2.25. The molecule has 0 aliphatic carbocycles. The highest BCUT2D eigenvalue weighted by Crippen LogP contribution is 2.57. The number of hydrogen-bond donors (Lipinski definition) is 0. The first-order valence-electron chi connectivity index (χ1n) is 11.1. The van der Waals surface area contributed by atoms with Crippen LogP contribution in [0.15, 0.2) is 54.0 Å². The zero-order valence-corrected chi connectivity index (χ0v) is 19.2. The predicted octanol–water partition coefficient (Wildman–Crippen LogP) is 4.30. The van der Waals surface area contributed by atoms with Crippen molar-refractivity contribution in [3.05, 3.63) is 70.7 Å². The third-order valence-electron chi connectivity index (χ3n) is 6.85. The van der Waals surface area contributed by atoms with Gasteiger partial charge in [-0.3, -0.25) is 4.79 Å². The summed E-state index contributed by atoms with van der Waals surface area (Å²) in [4.78, 5) is 20.7. The van der Waals surface area contributed by atoms with E-state index in [9.17, 15) is 4.79 Å². The fourth-order valence-electron chi connectivity index (χ4n) is 5.24. The second kappa shape index (κ2) is 7.11. The van der Waals surface area contributed by atoms with Crippen molar-refractivity contribution in [2.75, 3.05) is 31.8 Å². The van der Waals surface area contributed by atoms with Crippen LogP contribution in [-0.4, -0.2) is 37.8 Å². The average molecular weight is 473 g/mol. The molecule has 0 saturated carbocycles. The molecule has 1 aromatic heterocycles. The first kappa shape index (κ1) is 19.7. The molecule has 0 N–H and O–H groups in total. The van der Waals surface area contributed by atoms with Gasteiger partial charge in [-0.25, -0.2) is 4.98 Å². The highest BCUT2D eigenvalue weighted by molar-refractivity contribution is 7.17. The summed E-state index contributed by atoms with van der Waals surface area (Å²) in [6.07, 6.45) is 0. The van der Waals surface area contributed by atoms with Crippen LogP contribution < -0.4 is 23.8 Å². The number of anilines is 1. The van der Waals surface area contributed by atoms with E-state index in [-0.39, 0.29) is 12.5 Å². The molecule has 0 unspecified atom stereocenters. The minimum Gasteiger partial charge on any atom is -0.497 e. The Morgan fingerprint density at radius 2 is 1.82 bits per heavy atom. The highest BCUT2D eigenvalue weighted by Gasteiger charge is 2.58. The Balaban J connectivity index is 1.42. The van der Waals surface area contributed by atoms with Crippen molar-refractivity contribution in [1.82, 2.24) is 4.98 Å². The van der Waals surface area contributed by atoms with Crippen LogP contribution in [0, 0.1) is 0 Å². The van der Waals surface area contributed by atoms with E-state index in [0.29, 0.717) is 37.0 Å². The lowest BCUT2D eigenvalue weighted by molar-refractivity contribution is -0.122. The fraction of sp³-hybridized carbons (Fsp3) is 0.231. The number of aromatic nitrogens is 1. The number of carbonyl (C=O) groups is 1. The molecule has 8 heteroatoms. The maximum atomic E-state index is 14.3. The number of thiazole rings is 1. The van der Waals surface area contributed by atoms with E-state index in [4.69, 9.17) is 18.9 Å². The van der Waals surface area contributed by atoms with Gasteiger partial charge in [0.05, 0.1) is 35.1 Å². The monoisotopic (exact) mass is 472 g/mol. The summed E-state index contributed by atoms with van der Waals surface area (Å²) in [6, 6.07) is 15.6. The van der Waals surface area contributed by atoms with Gasteiger partial charge in [0.25, 0.3) is 0 Å². The van der Waals surface area contributed by atoms with Gasteiger partial charge in [0.2, 0.25) is 5.91 Å². The highest BCUT2D eigenvalue weighted by atomic mass is 32.1. The van der Waals surface area contributed by atoms with Crippen molar-refractivity contribution in [3.8, 4) is 23.0 Å². The van der Waals surface area contributed by atoms with Gasteiger partial charge in [0.1, 0.15) is 36.7 Å². The quantitative estimate of drug-likeness (QED) is 0.443. The first-order valence-corrected chi connectivity index (χ1v) is 12.0. The van der Waals surface area contributed by atoms with Gasteiger partial charge in [-0.2, -0.15) is 0 Å². The standard InChI is InChI=1S/C26H20N2O5S/c1-30-16-4-2-15(3-5-16)12-28-19-7-6-18-24(34-14-27-18)23(19)26(25(28)29)13-33-20-11-22-21(10-17(20)26)31-8-9-32-22/h2-7,10-11,14H,8-9,12-13H2,1H3/t26-/m0/s1. The van der Waals surface area contributed by atoms with E-state index in [2.05, 4.69) is 4.98 Å². The van der Waals surface area contributed by atoms with Gasteiger partial charge >= 0.3 is 0 Å². The minimum atomic E-state index is -0.959. The summed E-state index contributed by atoms with van der Waals surface area (Å²) >= 11 is 1.55. The summed E-state index contributed by atoms with van der Waals surface area (Å²) in [5.74, 6) is 2.74. The second-order valence-electron chi connectivity index (χ2n) is 8.59. The van der Waals surface area contributed by atoms with E-state index < -0.39 is 5.41 Å². The van der Waals surface area contributed by atoms with Gasteiger partial charge in [0.15, 0.2) is 11.5 Å². The Kier molecular flexibility index (Phi) is 4.11. The summed E-state index contributed by atoms with van der Waals surface area (Å²) < 4.78 is 24.1. The van der Waals surface area contributed by atoms with E-state index in [0.717, 1.165) is 38.3 Å². The largest absolute Gasteiger partial charge is 0.497 e. The van der Waals surface area contributed by atoms with Gasteiger partial charge < -0.3 is 23.8 Å². The lowest BCUT2D eigenvalue weighted by Crippen LogP contribution is -2.42. The van der Waals surface area contributed by atoms with Crippen LogP contribution in [0.2, 0.25) is 0 Å². The summed E-state index contributed by atoms with van der Waals surface area (Å²) in [5, 5.41) is 0. The Hall–Kier alpha value is -3.78. The molecule has 170 valence electrons. The number of rotatable bonds is 3. The SMILES string of the molecule is COc1ccc(CN2C(=O)[C@]3(COc4cc5c(cc43)OCCO5)c3c2ccc2ncsc32)cc1. The minimum absolute atomic E-state index is 0.00496. The molecule has 3 aromatic carbocycles. The molecule has 4 heterocycles. The molecule has 4 aromatic rings. The number of methoxy groups -OCH3 is 1. The smallest absolute Gasteiger partial charge is 0.246 e. The van der Waals surface area contributed by atoms with Crippen molar-refractivity contribution in [2.24, 2.45) is 0 Å². The van der Waals surface area contributed by atoms with Crippen LogP contribution in [0.4, 0.5) is 5.69 Å². The number of fused-ring (bicyclic) bond motifs is 7. The average Bonchev–Trinajstić information content (AvgIpc) is 3.56. The third-order valence-corrected chi connectivity index (χ3v) is 7.71. The molecule has 0 radical (unpaired) electrons. The molecule has 1 amide bonds. The van der Waals surface area contributed by atoms with Crippen molar-refractivity contribution in [2.45, 2.75) is 12.0 Å². The second-order valence-corrected chi connectivity index (χ2v) is 9.44. The Labute approximate surface area is 199 Å². The number of nitrogens with zero attached hydrogens (tertiary/aromatic N) is 2. The van der Waals surface area contributed by atoms with Gasteiger partial charge in [-0.05, 0) is 35.9 Å². The number of carbonyl (C=O) groups excluding carboxylic acids is 1. The molecule has 7 nitrogen and oxygen atoms in total. The zero-order valence-electron chi connectivity index (χ0n) is 18.4. The van der Waals surface area contributed by atoms with Crippen LogP contribution in [0.1, 0.15) is 16.7 Å². The number of hydrogen-bond acceptors (Lipinski definition) is 7. The molecule has 0 bridgehead atoms. The number of amides is 1. The van der Waals surface area contributed by atoms with E-state index in [1.54, 1.807) is 18.4 Å². The van der Waals surface area contributed by atoms with E-state index >= 15 is 0 Å². The van der Waals surface area contributed by atoms with Crippen LogP contribution >= 0.6 is 11.3 Å². The Bertz CT molecular complexity index is 1460. The van der Waals surface area contributed by atoms with Crippen molar-refractivity contribution < 1.29 is 23.7 Å². The van der Waals surface area contributed by atoms with Gasteiger partial charge in [-0.15, -0.1) is 11.3 Å². The van der Waals surface area contributed by atoms with Crippen molar-refractivity contribution in [3.63, 3.8) is 0 Å². The molecule has 1 spiro atoms. The van der Waals surface area contributed by atoms with Crippen LogP contribution in [0.25, 0.3) is 10.2 Å². The maximum Gasteiger partial charge on any atom is 0.246 e. The molecule has 7 rings (SSSR count). The normalized spacial score (nSPS) is 19.9. The number of benzene rings is 3. The molecule has 3 aliphatic heterocycles. The van der Waals surface area contributed by atoms with Crippen LogP contribution in [0.3, 0.4) is 0 Å². The lowest BCUT2D eigenvalue weighted by atomic mass is 9.77. The number of ether oxygens (including phenoxy) is 4. The van der Waals surface area contributed by atoms with Crippen LogP contribution in [-0.2, 0) is 16.8 Å². The summed E-state index contributed by atoms with van der Waals surface area (Å²) in [5.41, 5.74) is 5.44. The van der Waals surface area contributed by atoms with E-state index in [1.807, 2.05) is 58.9 Å². The molecule has 34 heavy (non-hydrogen) atoms. The van der Waals surface area contributed by atoms with Crippen LogP contribution in [0.5, 0.6) is 23.0 Å². The summed E-state index contributed by atoms with van der Waals surface area (Å²) in [6.45, 7) is 1.65. The third kappa shape index (κ3) is 2.57. The van der Waals surface area contributed by atoms with E-state index in [1.165, 1.54) is 0 Å². The first-order chi connectivity index (χ1) is 16.7. The molecule has 0 saturated heterocycles. The topological polar surface area (TPSA) is 70.1 Å².